The molecule has 1 aromatic carbocycles. The lowest BCUT2D eigenvalue weighted by atomic mass is 10.0. The van der Waals surface area contributed by atoms with Crippen LogP contribution in [0.5, 0.6) is 0 Å². The minimum Gasteiger partial charge on any atom is -0.386 e. The van der Waals surface area contributed by atoms with Gasteiger partial charge < -0.3 is 9.84 Å². The van der Waals surface area contributed by atoms with Crippen molar-refractivity contribution >= 4 is 11.6 Å². The van der Waals surface area contributed by atoms with Gasteiger partial charge in [0, 0.05) is 5.02 Å². The summed E-state index contributed by atoms with van der Waals surface area (Å²) in [6.07, 6.45) is 1.60. The van der Waals surface area contributed by atoms with Gasteiger partial charge in [-0.3, -0.25) is 0 Å². The fourth-order valence-electron chi connectivity index (χ4n) is 1.94. The molecule has 82 valence electrons. The highest BCUT2D eigenvalue weighted by Crippen LogP contribution is 2.30. The zero-order valence-electron chi connectivity index (χ0n) is 8.69. The first-order valence-electron chi connectivity index (χ1n) is 5.26. The molecule has 1 aromatic rings. The SMILES string of the molecule is CC1CCC(C(O)c2ccc(Cl)cc2)O1. The third-order valence-electron chi connectivity index (χ3n) is 2.83. The molecule has 3 unspecified atom stereocenters. The second-order valence-electron chi connectivity index (χ2n) is 4.06. The predicted octanol–water partition coefficient (Wildman–Crippen LogP) is 2.94. The molecule has 1 aliphatic rings. The molecule has 1 N–H and O–H groups in total. The molecule has 1 fully saturated rings. The third kappa shape index (κ3) is 2.51. The van der Waals surface area contributed by atoms with Gasteiger partial charge in [0.1, 0.15) is 6.10 Å². The number of aliphatic hydroxyl groups is 1. The van der Waals surface area contributed by atoms with E-state index in [0.29, 0.717) is 5.02 Å². The Kier molecular flexibility index (Phi) is 3.29. The van der Waals surface area contributed by atoms with Gasteiger partial charge >= 0.3 is 0 Å². The molecule has 0 saturated carbocycles. The highest BCUT2D eigenvalue weighted by atomic mass is 35.5. The first kappa shape index (κ1) is 10.9. The van der Waals surface area contributed by atoms with E-state index in [0.717, 1.165) is 18.4 Å². The largest absolute Gasteiger partial charge is 0.386 e. The second kappa shape index (κ2) is 4.52. The van der Waals surface area contributed by atoms with Crippen molar-refractivity contribution in [3.05, 3.63) is 34.9 Å². The molecule has 3 heteroatoms. The average Bonchev–Trinajstić information content (AvgIpc) is 2.65. The van der Waals surface area contributed by atoms with E-state index in [4.69, 9.17) is 16.3 Å². The Bertz CT molecular complexity index is 323. The van der Waals surface area contributed by atoms with Crippen LogP contribution in [0.2, 0.25) is 5.02 Å². The number of ether oxygens (including phenoxy) is 1. The smallest absolute Gasteiger partial charge is 0.105 e. The normalized spacial score (nSPS) is 27.9. The third-order valence-corrected chi connectivity index (χ3v) is 3.08. The first-order chi connectivity index (χ1) is 7.16. The van der Waals surface area contributed by atoms with E-state index in [9.17, 15) is 5.11 Å². The molecule has 1 saturated heterocycles. The quantitative estimate of drug-likeness (QED) is 0.840. The van der Waals surface area contributed by atoms with Gasteiger partial charge in [-0.1, -0.05) is 23.7 Å². The summed E-state index contributed by atoms with van der Waals surface area (Å²) in [6.45, 7) is 2.04. The minimum absolute atomic E-state index is 0.0684. The van der Waals surface area contributed by atoms with Crippen molar-refractivity contribution in [1.82, 2.24) is 0 Å². The van der Waals surface area contributed by atoms with E-state index >= 15 is 0 Å². The van der Waals surface area contributed by atoms with E-state index in [1.54, 1.807) is 12.1 Å². The number of rotatable bonds is 2. The maximum atomic E-state index is 10.1. The van der Waals surface area contributed by atoms with Crippen molar-refractivity contribution in [1.29, 1.82) is 0 Å². The molecule has 0 radical (unpaired) electrons. The van der Waals surface area contributed by atoms with Crippen molar-refractivity contribution in [3.8, 4) is 0 Å². The Morgan fingerprint density at radius 3 is 2.53 bits per heavy atom. The zero-order chi connectivity index (χ0) is 10.8. The number of aliphatic hydroxyl groups excluding tert-OH is 1. The Morgan fingerprint density at radius 1 is 1.33 bits per heavy atom. The molecule has 2 rings (SSSR count). The summed E-state index contributed by atoms with van der Waals surface area (Å²) < 4.78 is 5.62. The van der Waals surface area contributed by atoms with Crippen molar-refractivity contribution in [2.24, 2.45) is 0 Å². The Labute approximate surface area is 94.8 Å². The fourth-order valence-corrected chi connectivity index (χ4v) is 2.07. The molecular weight excluding hydrogens is 212 g/mol. The summed E-state index contributed by atoms with van der Waals surface area (Å²) in [5.74, 6) is 0. The summed E-state index contributed by atoms with van der Waals surface area (Å²) in [5, 5.41) is 10.7. The molecule has 3 atom stereocenters. The van der Waals surface area contributed by atoms with Crippen LogP contribution in [0, 0.1) is 0 Å². The van der Waals surface area contributed by atoms with Gasteiger partial charge in [-0.15, -0.1) is 0 Å². The van der Waals surface area contributed by atoms with E-state index in [1.807, 2.05) is 19.1 Å². The highest BCUT2D eigenvalue weighted by Gasteiger charge is 2.29. The Morgan fingerprint density at radius 2 is 2.00 bits per heavy atom. The predicted molar refractivity (Wildman–Crippen MR) is 60.0 cm³/mol. The topological polar surface area (TPSA) is 29.5 Å². The first-order valence-corrected chi connectivity index (χ1v) is 5.63. The van der Waals surface area contributed by atoms with Crippen LogP contribution in [0.1, 0.15) is 31.4 Å². The molecule has 15 heavy (non-hydrogen) atoms. The second-order valence-corrected chi connectivity index (χ2v) is 4.50. The van der Waals surface area contributed by atoms with Crippen LogP contribution >= 0.6 is 11.6 Å². The van der Waals surface area contributed by atoms with Crippen molar-refractivity contribution in [2.75, 3.05) is 0 Å². The van der Waals surface area contributed by atoms with Gasteiger partial charge in [-0.25, -0.2) is 0 Å². The van der Waals surface area contributed by atoms with E-state index in [1.165, 1.54) is 0 Å². The zero-order valence-corrected chi connectivity index (χ0v) is 9.45. The maximum Gasteiger partial charge on any atom is 0.105 e. The summed E-state index contributed by atoms with van der Waals surface area (Å²) in [6, 6.07) is 7.27. The molecule has 0 amide bonds. The van der Waals surface area contributed by atoms with Crippen LogP contribution in [0.15, 0.2) is 24.3 Å². The molecule has 0 bridgehead atoms. The molecule has 0 aromatic heterocycles. The molecule has 0 spiro atoms. The molecule has 2 nitrogen and oxygen atoms in total. The Hall–Kier alpha value is -0.570. The van der Waals surface area contributed by atoms with E-state index in [-0.39, 0.29) is 12.2 Å². The Balaban J connectivity index is 2.07. The van der Waals surface area contributed by atoms with Crippen LogP contribution in [-0.4, -0.2) is 17.3 Å². The minimum atomic E-state index is -0.535. The fraction of sp³-hybridized carbons (Fsp3) is 0.500. The summed E-state index contributed by atoms with van der Waals surface area (Å²) in [4.78, 5) is 0. The lowest BCUT2D eigenvalue weighted by Crippen LogP contribution is -2.18. The van der Waals surface area contributed by atoms with E-state index < -0.39 is 6.10 Å². The monoisotopic (exact) mass is 226 g/mol. The average molecular weight is 227 g/mol. The summed E-state index contributed by atoms with van der Waals surface area (Å²) in [7, 11) is 0. The van der Waals surface area contributed by atoms with Crippen molar-refractivity contribution in [2.45, 2.75) is 38.1 Å². The van der Waals surface area contributed by atoms with E-state index in [2.05, 4.69) is 0 Å². The van der Waals surface area contributed by atoms with Crippen LogP contribution in [0.25, 0.3) is 0 Å². The van der Waals surface area contributed by atoms with Crippen LogP contribution in [0.4, 0.5) is 0 Å². The number of halogens is 1. The molecular formula is C12H15ClO2. The lowest BCUT2D eigenvalue weighted by molar-refractivity contribution is -0.0297. The maximum absolute atomic E-state index is 10.1. The van der Waals surface area contributed by atoms with Crippen LogP contribution in [-0.2, 0) is 4.74 Å². The van der Waals surface area contributed by atoms with Gasteiger partial charge in [-0.05, 0) is 37.5 Å². The van der Waals surface area contributed by atoms with Crippen LogP contribution in [0.3, 0.4) is 0 Å². The number of hydrogen-bond acceptors (Lipinski definition) is 2. The van der Waals surface area contributed by atoms with Gasteiger partial charge in [0.2, 0.25) is 0 Å². The molecule has 0 aliphatic carbocycles. The lowest BCUT2D eigenvalue weighted by Gasteiger charge is -2.18. The summed E-state index contributed by atoms with van der Waals surface area (Å²) >= 11 is 5.79. The highest BCUT2D eigenvalue weighted by molar-refractivity contribution is 6.30. The van der Waals surface area contributed by atoms with Crippen molar-refractivity contribution < 1.29 is 9.84 Å². The van der Waals surface area contributed by atoms with Crippen molar-refractivity contribution in [3.63, 3.8) is 0 Å². The van der Waals surface area contributed by atoms with Gasteiger partial charge in [0.05, 0.1) is 12.2 Å². The van der Waals surface area contributed by atoms with Crippen LogP contribution < -0.4 is 0 Å². The van der Waals surface area contributed by atoms with Gasteiger partial charge in [-0.2, -0.15) is 0 Å². The number of benzene rings is 1. The van der Waals surface area contributed by atoms with Gasteiger partial charge in [0.25, 0.3) is 0 Å². The number of hydrogen-bond donors (Lipinski definition) is 1. The molecule has 1 aliphatic heterocycles. The van der Waals surface area contributed by atoms with Gasteiger partial charge in [0.15, 0.2) is 0 Å². The standard InChI is InChI=1S/C12H15ClO2/c1-8-2-7-11(15-8)12(14)9-3-5-10(13)6-4-9/h3-6,8,11-12,14H,2,7H2,1H3. The molecule has 1 heterocycles. The summed E-state index contributed by atoms with van der Waals surface area (Å²) in [5.41, 5.74) is 0.874.